The second-order valence-corrected chi connectivity index (χ2v) is 4.66. The number of ether oxygens (including phenoxy) is 1. The number of nitrogens with one attached hydrogen (secondary N) is 1. The van der Waals surface area contributed by atoms with Crippen molar-refractivity contribution in [3.63, 3.8) is 0 Å². The van der Waals surface area contributed by atoms with Crippen LogP contribution in [0.1, 0.15) is 19.3 Å². The van der Waals surface area contributed by atoms with E-state index in [0.29, 0.717) is 6.04 Å². The summed E-state index contributed by atoms with van der Waals surface area (Å²) in [4.78, 5) is 13.6. The Balaban J connectivity index is 1.80. The molecular weight excluding hydrogens is 206 g/mol. The maximum Gasteiger partial charge on any atom is 0.235 e. The van der Waals surface area contributed by atoms with Crippen molar-refractivity contribution in [1.82, 2.24) is 10.2 Å². The number of nitrogens with two attached hydrogens (primary N) is 1. The summed E-state index contributed by atoms with van der Waals surface area (Å²) in [6, 6.07) is 0.311. The van der Waals surface area contributed by atoms with Crippen LogP contribution in [-0.4, -0.2) is 55.7 Å². The van der Waals surface area contributed by atoms with Crippen LogP contribution in [0.15, 0.2) is 0 Å². The SMILES string of the molecule is NC(=O)C(CN1CCCOCC1)NC1CC1. The van der Waals surface area contributed by atoms with Gasteiger partial charge < -0.3 is 15.8 Å². The van der Waals surface area contributed by atoms with Crippen molar-refractivity contribution < 1.29 is 9.53 Å². The molecule has 0 aromatic heterocycles. The number of carbonyl (C=O) groups is 1. The summed E-state index contributed by atoms with van der Waals surface area (Å²) in [5.74, 6) is -0.239. The lowest BCUT2D eigenvalue weighted by Crippen LogP contribution is -2.50. The summed E-state index contributed by atoms with van der Waals surface area (Å²) >= 11 is 0. The zero-order valence-corrected chi connectivity index (χ0v) is 9.65. The quantitative estimate of drug-likeness (QED) is 0.652. The average Bonchev–Trinajstić information content (AvgIpc) is 3.04. The summed E-state index contributed by atoms with van der Waals surface area (Å²) in [6.45, 7) is 4.20. The number of amides is 1. The number of hydrogen-bond acceptors (Lipinski definition) is 4. The molecule has 1 aliphatic heterocycles. The number of rotatable bonds is 5. The molecule has 16 heavy (non-hydrogen) atoms. The van der Waals surface area contributed by atoms with E-state index < -0.39 is 0 Å². The minimum Gasteiger partial charge on any atom is -0.380 e. The molecule has 2 aliphatic rings. The van der Waals surface area contributed by atoms with Gasteiger partial charge in [0.2, 0.25) is 5.91 Å². The van der Waals surface area contributed by atoms with Crippen molar-refractivity contribution in [2.24, 2.45) is 5.73 Å². The topological polar surface area (TPSA) is 67.6 Å². The second kappa shape index (κ2) is 5.61. The Labute approximate surface area is 96.3 Å². The Morgan fingerprint density at radius 2 is 2.25 bits per heavy atom. The van der Waals surface area contributed by atoms with E-state index in [0.717, 1.165) is 39.3 Å². The highest BCUT2D eigenvalue weighted by molar-refractivity contribution is 5.80. The Hall–Kier alpha value is -0.650. The predicted octanol–water partition coefficient (Wildman–Crippen LogP) is -0.685. The van der Waals surface area contributed by atoms with E-state index in [1.54, 1.807) is 0 Å². The largest absolute Gasteiger partial charge is 0.380 e. The summed E-state index contributed by atoms with van der Waals surface area (Å²) in [6.07, 6.45) is 3.38. The van der Waals surface area contributed by atoms with Crippen LogP contribution in [0.3, 0.4) is 0 Å². The van der Waals surface area contributed by atoms with E-state index in [9.17, 15) is 4.79 Å². The summed E-state index contributed by atoms with van der Waals surface area (Å²) < 4.78 is 5.38. The van der Waals surface area contributed by atoms with Crippen molar-refractivity contribution in [3.05, 3.63) is 0 Å². The Morgan fingerprint density at radius 3 is 2.94 bits per heavy atom. The van der Waals surface area contributed by atoms with E-state index in [-0.39, 0.29) is 11.9 Å². The molecule has 1 atom stereocenters. The highest BCUT2D eigenvalue weighted by Crippen LogP contribution is 2.19. The monoisotopic (exact) mass is 227 g/mol. The minimum absolute atomic E-state index is 0.203. The zero-order chi connectivity index (χ0) is 11.4. The molecule has 1 amide bonds. The van der Waals surface area contributed by atoms with Crippen LogP contribution in [0, 0.1) is 0 Å². The molecule has 1 aliphatic carbocycles. The molecule has 0 bridgehead atoms. The number of hydrogen-bond donors (Lipinski definition) is 2. The maximum atomic E-state index is 11.3. The van der Waals surface area contributed by atoms with Gasteiger partial charge in [-0.1, -0.05) is 0 Å². The van der Waals surface area contributed by atoms with Crippen LogP contribution in [0.25, 0.3) is 0 Å². The van der Waals surface area contributed by atoms with Gasteiger partial charge in [-0.15, -0.1) is 0 Å². The molecule has 92 valence electrons. The van der Waals surface area contributed by atoms with Crippen LogP contribution in [0.2, 0.25) is 0 Å². The Bertz CT molecular complexity index is 235. The summed E-state index contributed by atoms with van der Waals surface area (Å²) in [7, 11) is 0. The Morgan fingerprint density at radius 1 is 1.44 bits per heavy atom. The van der Waals surface area contributed by atoms with Crippen molar-refractivity contribution in [3.8, 4) is 0 Å². The van der Waals surface area contributed by atoms with Gasteiger partial charge in [-0.05, 0) is 19.3 Å². The third-order valence-electron chi connectivity index (χ3n) is 3.11. The fraction of sp³-hybridized carbons (Fsp3) is 0.909. The van der Waals surface area contributed by atoms with E-state index in [4.69, 9.17) is 10.5 Å². The molecule has 5 heteroatoms. The van der Waals surface area contributed by atoms with Crippen molar-refractivity contribution in [1.29, 1.82) is 0 Å². The highest BCUT2D eigenvalue weighted by atomic mass is 16.5. The Kier molecular flexibility index (Phi) is 4.15. The molecule has 0 aromatic carbocycles. The van der Waals surface area contributed by atoms with E-state index in [1.807, 2.05) is 0 Å². The van der Waals surface area contributed by atoms with Gasteiger partial charge in [-0.25, -0.2) is 0 Å². The molecule has 2 rings (SSSR count). The molecule has 0 radical (unpaired) electrons. The van der Waals surface area contributed by atoms with Gasteiger partial charge in [0.15, 0.2) is 0 Å². The third-order valence-corrected chi connectivity index (χ3v) is 3.11. The molecule has 1 unspecified atom stereocenters. The van der Waals surface area contributed by atoms with Gasteiger partial charge >= 0.3 is 0 Å². The molecular formula is C11H21N3O2. The summed E-state index contributed by atoms with van der Waals surface area (Å²) in [5.41, 5.74) is 5.41. The van der Waals surface area contributed by atoms with Gasteiger partial charge in [0.05, 0.1) is 12.6 Å². The van der Waals surface area contributed by atoms with E-state index >= 15 is 0 Å². The molecule has 2 fully saturated rings. The third kappa shape index (κ3) is 3.73. The lowest BCUT2D eigenvalue weighted by molar-refractivity contribution is -0.120. The molecule has 1 saturated carbocycles. The first-order chi connectivity index (χ1) is 7.75. The first-order valence-electron chi connectivity index (χ1n) is 6.11. The molecule has 0 aromatic rings. The fourth-order valence-electron chi connectivity index (χ4n) is 2.00. The van der Waals surface area contributed by atoms with Crippen LogP contribution in [0.4, 0.5) is 0 Å². The van der Waals surface area contributed by atoms with E-state index in [2.05, 4.69) is 10.2 Å². The number of primary amides is 1. The molecule has 1 saturated heterocycles. The van der Waals surface area contributed by atoms with Crippen LogP contribution in [-0.2, 0) is 9.53 Å². The smallest absolute Gasteiger partial charge is 0.235 e. The van der Waals surface area contributed by atoms with Gasteiger partial charge in [0.25, 0.3) is 0 Å². The fourth-order valence-corrected chi connectivity index (χ4v) is 2.00. The minimum atomic E-state index is -0.239. The second-order valence-electron chi connectivity index (χ2n) is 4.66. The first kappa shape index (κ1) is 11.8. The predicted molar refractivity (Wildman–Crippen MR) is 61.0 cm³/mol. The zero-order valence-electron chi connectivity index (χ0n) is 9.65. The van der Waals surface area contributed by atoms with Gasteiger partial charge in [-0.3, -0.25) is 9.69 Å². The molecule has 0 spiro atoms. The van der Waals surface area contributed by atoms with Crippen LogP contribution in [0.5, 0.6) is 0 Å². The standard InChI is InChI=1S/C11H21N3O2/c12-11(15)10(13-9-2-3-9)8-14-4-1-6-16-7-5-14/h9-10,13H,1-8H2,(H2,12,15). The van der Waals surface area contributed by atoms with Crippen molar-refractivity contribution in [2.45, 2.75) is 31.3 Å². The molecule has 5 nitrogen and oxygen atoms in total. The average molecular weight is 227 g/mol. The highest BCUT2D eigenvalue weighted by Gasteiger charge is 2.28. The van der Waals surface area contributed by atoms with Gasteiger partial charge in [0.1, 0.15) is 0 Å². The van der Waals surface area contributed by atoms with Gasteiger partial charge in [-0.2, -0.15) is 0 Å². The number of nitrogens with zero attached hydrogens (tertiary/aromatic N) is 1. The molecule has 3 N–H and O–H groups in total. The number of carbonyl (C=O) groups excluding carboxylic acids is 1. The van der Waals surface area contributed by atoms with Gasteiger partial charge in [0, 0.05) is 32.3 Å². The lowest BCUT2D eigenvalue weighted by Gasteiger charge is -2.24. The lowest BCUT2D eigenvalue weighted by atomic mass is 10.2. The van der Waals surface area contributed by atoms with Crippen LogP contribution >= 0.6 is 0 Å². The first-order valence-corrected chi connectivity index (χ1v) is 6.11. The van der Waals surface area contributed by atoms with E-state index in [1.165, 1.54) is 12.8 Å². The van der Waals surface area contributed by atoms with Crippen molar-refractivity contribution >= 4 is 5.91 Å². The van der Waals surface area contributed by atoms with Crippen molar-refractivity contribution in [2.75, 3.05) is 32.8 Å². The molecule has 1 heterocycles. The normalized spacial score (nSPS) is 25.0. The maximum absolute atomic E-state index is 11.3. The summed E-state index contributed by atoms with van der Waals surface area (Å²) in [5, 5.41) is 3.30. The van der Waals surface area contributed by atoms with Crippen LogP contribution < -0.4 is 11.1 Å².